The monoisotopic (exact) mass is 545 g/mol. The highest BCUT2D eigenvalue weighted by Crippen LogP contribution is 2.30. The van der Waals surface area contributed by atoms with Crippen LogP contribution in [0.5, 0.6) is 0 Å². The molecule has 31 heavy (non-hydrogen) atoms. The van der Waals surface area contributed by atoms with Crippen LogP contribution in [0.2, 0.25) is 0 Å². The molecule has 5 nitrogen and oxygen atoms in total. The molecule has 2 aromatic carbocycles. The van der Waals surface area contributed by atoms with E-state index in [1.165, 1.54) is 23.0 Å². The summed E-state index contributed by atoms with van der Waals surface area (Å²) in [6.45, 7) is 5.92. The van der Waals surface area contributed by atoms with Crippen LogP contribution in [0, 0.1) is 5.82 Å². The van der Waals surface area contributed by atoms with E-state index in [1.54, 1.807) is 24.3 Å². The summed E-state index contributed by atoms with van der Waals surface area (Å²) in [5, 5.41) is 4.87. The number of hydrogen-bond donors (Lipinski definition) is 0. The Morgan fingerprint density at radius 3 is 2.58 bits per heavy atom. The minimum absolute atomic E-state index is 0.263. The second-order valence-electron chi connectivity index (χ2n) is 8.03. The quantitative estimate of drug-likeness (QED) is 0.275. The molecule has 0 saturated heterocycles. The van der Waals surface area contributed by atoms with Gasteiger partial charge in [0.15, 0.2) is 0 Å². The van der Waals surface area contributed by atoms with Crippen molar-refractivity contribution in [2.24, 2.45) is 5.10 Å². The molecule has 8 heteroatoms. The van der Waals surface area contributed by atoms with E-state index < -0.39 is 5.41 Å². The maximum absolute atomic E-state index is 13.4. The van der Waals surface area contributed by atoms with Crippen molar-refractivity contribution < 1.29 is 8.81 Å². The van der Waals surface area contributed by atoms with Gasteiger partial charge in [-0.1, -0.05) is 36.7 Å². The predicted molar refractivity (Wildman–Crippen MR) is 127 cm³/mol. The SMILES string of the molecule is CC(C)(C)c1nc2ccc(Br)cc2c(=O)n1N=Cc1ccc(-c2ccc(F)cc2Br)o1. The van der Waals surface area contributed by atoms with E-state index in [9.17, 15) is 9.18 Å². The van der Waals surface area contributed by atoms with Gasteiger partial charge < -0.3 is 4.42 Å². The van der Waals surface area contributed by atoms with Crippen molar-refractivity contribution in [2.45, 2.75) is 26.2 Å². The van der Waals surface area contributed by atoms with E-state index in [2.05, 4.69) is 41.9 Å². The minimum atomic E-state index is -0.412. The smallest absolute Gasteiger partial charge is 0.282 e. The van der Waals surface area contributed by atoms with Crippen LogP contribution < -0.4 is 5.56 Å². The molecule has 0 aliphatic heterocycles. The highest BCUT2D eigenvalue weighted by atomic mass is 79.9. The summed E-state index contributed by atoms with van der Waals surface area (Å²) >= 11 is 6.75. The molecule has 2 aromatic heterocycles. The fourth-order valence-electron chi connectivity index (χ4n) is 3.11. The van der Waals surface area contributed by atoms with Crippen LogP contribution in [-0.4, -0.2) is 15.9 Å². The number of benzene rings is 2. The topological polar surface area (TPSA) is 60.4 Å². The third kappa shape index (κ3) is 4.41. The van der Waals surface area contributed by atoms with Crippen LogP contribution in [0.3, 0.4) is 0 Å². The molecule has 0 aliphatic rings. The van der Waals surface area contributed by atoms with Crippen molar-refractivity contribution in [1.29, 1.82) is 0 Å². The molecule has 0 unspecified atom stereocenters. The Morgan fingerprint density at radius 2 is 1.87 bits per heavy atom. The first-order chi connectivity index (χ1) is 14.6. The molecule has 0 spiro atoms. The zero-order valence-corrected chi connectivity index (χ0v) is 20.2. The fourth-order valence-corrected chi connectivity index (χ4v) is 4.02. The van der Waals surface area contributed by atoms with Crippen molar-refractivity contribution in [3.8, 4) is 11.3 Å². The average molecular weight is 547 g/mol. The maximum Gasteiger partial charge on any atom is 0.282 e. The van der Waals surface area contributed by atoms with Gasteiger partial charge in [-0.25, -0.2) is 9.37 Å². The Hall–Kier alpha value is -2.58. The van der Waals surface area contributed by atoms with Gasteiger partial charge in [-0.15, -0.1) is 0 Å². The molecule has 0 atom stereocenters. The van der Waals surface area contributed by atoms with Gasteiger partial charge in [-0.05, 0) is 64.5 Å². The average Bonchev–Trinajstić information content (AvgIpc) is 3.15. The van der Waals surface area contributed by atoms with E-state index >= 15 is 0 Å². The van der Waals surface area contributed by atoms with E-state index in [0.29, 0.717) is 38.3 Å². The van der Waals surface area contributed by atoms with E-state index in [0.717, 1.165) is 4.47 Å². The van der Waals surface area contributed by atoms with Gasteiger partial charge in [0.1, 0.15) is 23.2 Å². The van der Waals surface area contributed by atoms with Gasteiger partial charge in [0.25, 0.3) is 5.56 Å². The number of furan rings is 1. The molecule has 0 amide bonds. The number of aromatic nitrogens is 2. The Labute approximate surface area is 194 Å². The summed E-state index contributed by atoms with van der Waals surface area (Å²) in [5.74, 6) is 1.20. The Kier molecular flexibility index (Phi) is 5.70. The fraction of sp³-hybridized carbons (Fsp3) is 0.174. The molecule has 0 radical (unpaired) electrons. The van der Waals surface area contributed by atoms with E-state index in [4.69, 9.17) is 4.42 Å². The van der Waals surface area contributed by atoms with Gasteiger partial charge in [-0.2, -0.15) is 9.78 Å². The van der Waals surface area contributed by atoms with Crippen LogP contribution in [-0.2, 0) is 5.41 Å². The van der Waals surface area contributed by atoms with Crippen LogP contribution in [0.1, 0.15) is 32.4 Å². The summed E-state index contributed by atoms with van der Waals surface area (Å²) in [7, 11) is 0. The number of rotatable bonds is 3. The lowest BCUT2D eigenvalue weighted by Crippen LogP contribution is -2.29. The summed E-state index contributed by atoms with van der Waals surface area (Å²) in [6.07, 6.45) is 1.48. The van der Waals surface area contributed by atoms with Gasteiger partial charge in [0, 0.05) is 19.9 Å². The van der Waals surface area contributed by atoms with E-state index in [1.807, 2.05) is 32.9 Å². The zero-order chi connectivity index (χ0) is 22.3. The lowest BCUT2D eigenvalue weighted by Gasteiger charge is -2.20. The second-order valence-corrected chi connectivity index (χ2v) is 9.80. The number of fused-ring (bicyclic) bond motifs is 1. The summed E-state index contributed by atoms with van der Waals surface area (Å²) in [5.41, 5.74) is 0.655. The molecule has 0 saturated carbocycles. The van der Waals surface area contributed by atoms with Gasteiger partial charge in [-0.3, -0.25) is 4.79 Å². The minimum Gasteiger partial charge on any atom is -0.455 e. The second kappa shape index (κ2) is 8.16. The normalized spacial score (nSPS) is 12.2. The van der Waals surface area contributed by atoms with Crippen LogP contribution in [0.15, 0.2) is 71.8 Å². The lowest BCUT2D eigenvalue weighted by atomic mass is 9.95. The molecule has 4 rings (SSSR count). The standard InChI is InChI=1S/C23H18Br2FN3O2/c1-23(2,3)22-28-19-8-4-13(24)10-17(19)21(30)29(22)27-12-15-6-9-20(31-15)16-7-5-14(26)11-18(16)25/h4-12H,1-3H3. The van der Waals surface area contributed by atoms with Crippen molar-refractivity contribution in [3.05, 3.63) is 85.2 Å². The molecule has 158 valence electrons. The highest BCUT2D eigenvalue weighted by Gasteiger charge is 2.23. The molecule has 0 fully saturated rings. The number of nitrogens with zero attached hydrogens (tertiary/aromatic N) is 3. The summed E-state index contributed by atoms with van der Waals surface area (Å²) in [4.78, 5) is 17.9. The third-order valence-electron chi connectivity index (χ3n) is 4.60. The van der Waals surface area contributed by atoms with Crippen molar-refractivity contribution in [2.75, 3.05) is 0 Å². The molecule has 4 aromatic rings. The molecule has 0 N–H and O–H groups in total. The Balaban J connectivity index is 1.79. The summed E-state index contributed by atoms with van der Waals surface area (Å²) in [6, 6.07) is 13.3. The Morgan fingerprint density at radius 1 is 1.10 bits per heavy atom. The van der Waals surface area contributed by atoms with Crippen molar-refractivity contribution >= 4 is 49.0 Å². The zero-order valence-electron chi connectivity index (χ0n) is 17.0. The largest absolute Gasteiger partial charge is 0.455 e. The van der Waals surface area contributed by atoms with Crippen molar-refractivity contribution in [3.63, 3.8) is 0 Å². The summed E-state index contributed by atoms with van der Waals surface area (Å²) < 4.78 is 21.9. The van der Waals surface area contributed by atoms with Crippen molar-refractivity contribution in [1.82, 2.24) is 9.66 Å². The van der Waals surface area contributed by atoms with Crippen LogP contribution in [0.4, 0.5) is 4.39 Å². The number of halogens is 3. The van der Waals surface area contributed by atoms with Gasteiger partial charge >= 0.3 is 0 Å². The first kappa shape index (κ1) is 21.6. The third-order valence-corrected chi connectivity index (χ3v) is 5.75. The first-order valence-corrected chi connectivity index (χ1v) is 11.0. The molecule has 0 aliphatic carbocycles. The van der Waals surface area contributed by atoms with Gasteiger partial charge in [0.05, 0.1) is 17.1 Å². The van der Waals surface area contributed by atoms with Gasteiger partial charge in [0.2, 0.25) is 0 Å². The molecule has 0 bridgehead atoms. The first-order valence-electron chi connectivity index (χ1n) is 9.46. The predicted octanol–water partition coefficient (Wildman–Crippen LogP) is 6.50. The maximum atomic E-state index is 13.4. The number of hydrogen-bond acceptors (Lipinski definition) is 4. The molecular formula is C23H18Br2FN3O2. The van der Waals surface area contributed by atoms with E-state index in [-0.39, 0.29) is 11.4 Å². The highest BCUT2D eigenvalue weighted by molar-refractivity contribution is 9.10. The van der Waals surface area contributed by atoms with Crippen LogP contribution >= 0.6 is 31.9 Å². The molecule has 2 heterocycles. The Bertz CT molecular complexity index is 1380. The lowest BCUT2D eigenvalue weighted by molar-refractivity contribution is 0.505. The molecular weight excluding hydrogens is 529 g/mol. The van der Waals surface area contributed by atoms with Crippen LogP contribution in [0.25, 0.3) is 22.2 Å².